The molecule has 6 nitrogen and oxygen atoms in total. The average Bonchev–Trinajstić information content (AvgIpc) is 2.74. The first-order valence-electron chi connectivity index (χ1n) is 9.37. The molecule has 6 heteroatoms. The van der Waals surface area contributed by atoms with Crippen molar-refractivity contribution in [2.75, 3.05) is 24.5 Å². The summed E-state index contributed by atoms with van der Waals surface area (Å²) in [5.74, 6) is -0.232. The third kappa shape index (κ3) is 5.07. The molecule has 1 amide bonds. The molecular formula is C22H24N4O2. The summed E-state index contributed by atoms with van der Waals surface area (Å²) in [4.78, 5) is 26.5. The van der Waals surface area contributed by atoms with Gasteiger partial charge in [-0.1, -0.05) is 48.5 Å². The summed E-state index contributed by atoms with van der Waals surface area (Å²) in [7, 11) is 0. The van der Waals surface area contributed by atoms with E-state index in [-0.39, 0.29) is 18.0 Å². The van der Waals surface area contributed by atoms with Crippen molar-refractivity contribution in [1.29, 1.82) is 0 Å². The highest BCUT2D eigenvalue weighted by Crippen LogP contribution is 2.14. The SMILES string of the molecule is CCN(CCNC(=O)Cn1nc(-c2ccccc2)ccc1=O)c1ccccc1. The lowest BCUT2D eigenvalue weighted by Gasteiger charge is -2.23. The minimum Gasteiger partial charge on any atom is -0.370 e. The van der Waals surface area contributed by atoms with Crippen LogP contribution in [0, 0.1) is 0 Å². The van der Waals surface area contributed by atoms with Crippen LogP contribution in [0.5, 0.6) is 0 Å². The van der Waals surface area contributed by atoms with E-state index in [4.69, 9.17) is 0 Å². The molecule has 2 aromatic carbocycles. The number of carbonyl (C=O) groups excluding carboxylic acids is 1. The molecule has 0 aliphatic carbocycles. The normalized spacial score (nSPS) is 10.5. The minimum atomic E-state index is -0.297. The molecule has 0 spiro atoms. The highest BCUT2D eigenvalue weighted by Gasteiger charge is 2.09. The van der Waals surface area contributed by atoms with Gasteiger partial charge < -0.3 is 10.2 Å². The van der Waals surface area contributed by atoms with Gasteiger partial charge in [-0.2, -0.15) is 5.10 Å². The minimum absolute atomic E-state index is 0.100. The fourth-order valence-electron chi connectivity index (χ4n) is 2.96. The summed E-state index contributed by atoms with van der Waals surface area (Å²) >= 11 is 0. The van der Waals surface area contributed by atoms with E-state index in [0.717, 1.165) is 17.8 Å². The highest BCUT2D eigenvalue weighted by atomic mass is 16.2. The van der Waals surface area contributed by atoms with Crippen LogP contribution < -0.4 is 15.8 Å². The third-order valence-corrected chi connectivity index (χ3v) is 4.44. The molecule has 3 aromatic rings. The number of carbonyl (C=O) groups is 1. The van der Waals surface area contributed by atoms with Crippen molar-refractivity contribution in [3.05, 3.63) is 83.2 Å². The van der Waals surface area contributed by atoms with Gasteiger partial charge in [-0.25, -0.2) is 4.68 Å². The van der Waals surface area contributed by atoms with Gasteiger partial charge in [0.15, 0.2) is 0 Å². The Kier molecular flexibility index (Phi) is 6.57. The van der Waals surface area contributed by atoms with Gasteiger partial charge in [0.1, 0.15) is 6.54 Å². The molecule has 0 radical (unpaired) electrons. The van der Waals surface area contributed by atoms with E-state index in [2.05, 4.69) is 22.2 Å². The van der Waals surface area contributed by atoms with Gasteiger partial charge in [0.25, 0.3) is 5.56 Å². The van der Waals surface area contributed by atoms with E-state index in [1.54, 1.807) is 6.07 Å². The molecule has 0 unspecified atom stereocenters. The van der Waals surface area contributed by atoms with Crippen LogP contribution in [0.15, 0.2) is 77.6 Å². The number of anilines is 1. The maximum absolute atomic E-state index is 12.3. The molecule has 0 saturated carbocycles. The fourth-order valence-corrected chi connectivity index (χ4v) is 2.96. The van der Waals surface area contributed by atoms with Crippen LogP contribution in [0.3, 0.4) is 0 Å². The second-order valence-corrected chi connectivity index (χ2v) is 6.35. The van der Waals surface area contributed by atoms with E-state index in [1.165, 1.54) is 10.7 Å². The Morgan fingerprint density at radius 1 is 1.00 bits per heavy atom. The van der Waals surface area contributed by atoms with E-state index in [9.17, 15) is 9.59 Å². The van der Waals surface area contributed by atoms with Crippen LogP contribution in [-0.4, -0.2) is 35.3 Å². The average molecular weight is 376 g/mol. The number of nitrogens with one attached hydrogen (secondary N) is 1. The van der Waals surface area contributed by atoms with Crippen LogP contribution in [0.4, 0.5) is 5.69 Å². The van der Waals surface area contributed by atoms with Crippen LogP contribution in [0.25, 0.3) is 11.3 Å². The topological polar surface area (TPSA) is 67.2 Å². The Morgan fingerprint density at radius 3 is 2.36 bits per heavy atom. The van der Waals surface area contributed by atoms with Crippen molar-refractivity contribution >= 4 is 11.6 Å². The zero-order valence-corrected chi connectivity index (χ0v) is 15.9. The Hall–Kier alpha value is -3.41. The van der Waals surface area contributed by atoms with Crippen molar-refractivity contribution in [2.45, 2.75) is 13.5 Å². The van der Waals surface area contributed by atoms with Gasteiger partial charge in [-0.05, 0) is 25.1 Å². The number of hydrogen-bond donors (Lipinski definition) is 1. The van der Waals surface area contributed by atoms with Crippen molar-refractivity contribution in [3.63, 3.8) is 0 Å². The van der Waals surface area contributed by atoms with E-state index < -0.39 is 0 Å². The Bertz CT molecular complexity index is 955. The quantitative estimate of drug-likeness (QED) is 0.656. The van der Waals surface area contributed by atoms with Gasteiger partial charge in [0.2, 0.25) is 5.91 Å². The molecule has 144 valence electrons. The van der Waals surface area contributed by atoms with Crippen LogP contribution in [-0.2, 0) is 11.3 Å². The second kappa shape index (κ2) is 9.50. The van der Waals surface area contributed by atoms with Gasteiger partial charge in [0, 0.05) is 37.0 Å². The molecule has 0 fully saturated rings. The van der Waals surface area contributed by atoms with E-state index >= 15 is 0 Å². The predicted octanol–water partition coefficient (Wildman–Crippen LogP) is 2.55. The zero-order valence-electron chi connectivity index (χ0n) is 15.9. The zero-order chi connectivity index (χ0) is 19.8. The molecule has 1 heterocycles. The molecule has 0 atom stereocenters. The van der Waals surface area contributed by atoms with Gasteiger partial charge >= 0.3 is 0 Å². The molecule has 1 aromatic heterocycles. The number of aromatic nitrogens is 2. The lowest BCUT2D eigenvalue weighted by Crippen LogP contribution is -2.38. The van der Waals surface area contributed by atoms with E-state index in [1.807, 2.05) is 60.7 Å². The largest absolute Gasteiger partial charge is 0.370 e. The third-order valence-electron chi connectivity index (χ3n) is 4.44. The van der Waals surface area contributed by atoms with E-state index in [0.29, 0.717) is 18.8 Å². The number of likely N-dealkylation sites (N-methyl/N-ethyl adjacent to an activating group) is 1. The van der Waals surface area contributed by atoms with Gasteiger partial charge in [-0.3, -0.25) is 9.59 Å². The van der Waals surface area contributed by atoms with Crippen molar-refractivity contribution in [1.82, 2.24) is 15.1 Å². The molecule has 28 heavy (non-hydrogen) atoms. The Labute approximate surface area is 164 Å². The second-order valence-electron chi connectivity index (χ2n) is 6.35. The van der Waals surface area contributed by atoms with Crippen LogP contribution in [0.1, 0.15) is 6.92 Å². The number of benzene rings is 2. The number of hydrogen-bond acceptors (Lipinski definition) is 4. The lowest BCUT2D eigenvalue weighted by molar-refractivity contribution is -0.121. The molecule has 0 aliphatic rings. The van der Waals surface area contributed by atoms with Crippen molar-refractivity contribution < 1.29 is 4.79 Å². The summed E-state index contributed by atoms with van der Waals surface area (Å²) < 4.78 is 1.20. The van der Waals surface area contributed by atoms with Gasteiger partial charge in [0.05, 0.1) is 5.69 Å². The predicted molar refractivity (Wildman–Crippen MR) is 111 cm³/mol. The molecular weight excluding hydrogens is 352 g/mol. The van der Waals surface area contributed by atoms with Crippen LogP contribution >= 0.6 is 0 Å². The molecule has 0 saturated heterocycles. The number of amides is 1. The first-order chi connectivity index (χ1) is 13.7. The summed E-state index contributed by atoms with van der Waals surface area (Å²) in [6, 6.07) is 22.7. The smallest absolute Gasteiger partial charge is 0.267 e. The maximum atomic E-state index is 12.3. The summed E-state index contributed by atoms with van der Waals surface area (Å²) in [5.41, 5.74) is 2.38. The highest BCUT2D eigenvalue weighted by molar-refractivity contribution is 5.75. The number of para-hydroxylation sites is 1. The van der Waals surface area contributed by atoms with Crippen molar-refractivity contribution in [2.24, 2.45) is 0 Å². The Morgan fingerprint density at radius 2 is 1.68 bits per heavy atom. The molecule has 0 bridgehead atoms. The Balaban J connectivity index is 1.58. The summed E-state index contributed by atoms with van der Waals surface area (Å²) in [6.45, 7) is 4.01. The maximum Gasteiger partial charge on any atom is 0.267 e. The molecule has 0 aliphatic heterocycles. The molecule has 3 rings (SSSR count). The van der Waals surface area contributed by atoms with Crippen molar-refractivity contribution in [3.8, 4) is 11.3 Å². The summed E-state index contributed by atoms with van der Waals surface area (Å²) in [6.07, 6.45) is 0. The van der Waals surface area contributed by atoms with Gasteiger partial charge in [-0.15, -0.1) is 0 Å². The number of rotatable bonds is 8. The number of nitrogens with zero attached hydrogens (tertiary/aromatic N) is 3. The fraction of sp³-hybridized carbons (Fsp3) is 0.227. The standard InChI is InChI=1S/C22H24N4O2/c1-2-25(19-11-7-4-8-12-19)16-15-23-21(27)17-26-22(28)14-13-20(24-26)18-9-5-3-6-10-18/h3-14H,2,15-17H2,1H3,(H,23,27). The van der Waals surface area contributed by atoms with Crippen LogP contribution in [0.2, 0.25) is 0 Å². The first-order valence-corrected chi connectivity index (χ1v) is 9.37. The first kappa shape index (κ1) is 19.4. The summed E-state index contributed by atoms with van der Waals surface area (Å²) in [5, 5.41) is 7.19. The monoisotopic (exact) mass is 376 g/mol. The lowest BCUT2D eigenvalue weighted by atomic mass is 10.1. The molecule has 1 N–H and O–H groups in total.